The standard InChI is InChI=1S/C15H10N4O3S/c1-9(20)18-15(21)22-14-12(10-5-3-2-4-6-10)19-13(23-14)11(7-16)8-17/h2-6,11H,1H3,(H,18,20,21). The molecular formula is C15H10N4O3S. The molecular weight excluding hydrogens is 316 g/mol. The molecule has 2 rings (SSSR count). The zero-order valence-corrected chi connectivity index (χ0v) is 12.8. The van der Waals surface area contributed by atoms with Gasteiger partial charge in [-0.25, -0.2) is 9.78 Å². The number of nitrogens with one attached hydrogen (secondary N) is 1. The van der Waals surface area contributed by atoms with Gasteiger partial charge in [0.05, 0.1) is 12.1 Å². The number of amides is 2. The van der Waals surface area contributed by atoms with E-state index in [0.29, 0.717) is 11.3 Å². The third kappa shape index (κ3) is 3.90. The summed E-state index contributed by atoms with van der Waals surface area (Å²) in [4.78, 5) is 26.8. The number of nitrogens with zero attached hydrogens (tertiary/aromatic N) is 3. The minimum absolute atomic E-state index is 0.112. The van der Waals surface area contributed by atoms with E-state index in [-0.39, 0.29) is 10.1 Å². The fourth-order valence-electron chi connectivity index (χ4n) is 1.69. The van der Waals surface area contributed by atoms with E-state index in [1.54, 1.807) is 24.3 Å². The third-order valence-electron chi connectivity index (χ3n) is 2.63. The number of rotatable bonds is 3. The summed E-state index contributed by atoms with van der Waals surface area (Å²) in [5.74, 6) is -1.62. The molecule has 0 aliphatic rings. The first kappa shape index (κ1) is 16.1. The maximum atomic E-state index is 11.6. The Kier molecular flexibility index (Phi) is 5.03. The van der Waals surface area contributed by atoms with E-state index < -0.39 is 17.9 Å². The number of aromatic nitrogens is 1. The minimum Gasteiger partial charge on any atom is -0.396 e. The molecule has 1 heterocycles. The second-order valence-corrected chi connectivity index (χ2v) is 5.31. The largest absolute Gasteiger partial charge is 0.420 e. The predicted octanol–water partition coefficient (Wildman–Crippen LogP) is 2.58. The Morgan fingerprint density at radius 1 is 1.26 bits per heavy atom. The molecule has 1 aromatic carbocycles. The van der Waals surface area contributed by atoms with Crippen LogP contribution in [0.1, 0.15) is 17.8 Å². The maximum Gasteiger partial charge on any atom is 0.420 e. The summed E-state index contributed by atoms with van der Waals surface area (Å²) in [6.07, 6.45) is -0.949. The summed E-state index contributed by atoms with van der Waals surface area (Å²) in [6, 6.07) is 12.5. The molecule has 0 aliphatic heterocycles. The molecule has 0 saturated heterocycles. The smallest absolute Gasteiger partial charge is 0.396 e. The van der Waals surface area contributed by atoms with Gasteiger partial charge in [-0.15, -0.1) is 0 Å². The number of nitriles is 2. The highest BCUT2D eigenvalue weighted by Crippen LogP contribution is 2.38. The first-order valence-corrected chi connectivity index (χ1v) is 7.21. The zero-order valence-electron chi connectivity index (χ0n) is 11.9. The number of hydrogen-bond acceptors (Lipinski definition) is 7. The lowest BCUT2D eigenvalue weighted by Crippen LogP contribution is -2.30. The molecule has 0 fully saturated rings. The van der Waals surface area contributed by atoms with Crippen molar-refractivity contribution in [3.63, 3.8) is 0 Å². The molecule has 0 unspecified atom stereocenters. The molecule has 7 nitrogen and oxygen atoms in total. The molecule has 23 heavy (non-hydrogen) atoms. The summed E-state index contributed by atoms with van der Waals surface area (Å²) < 4.78 is 5.10. The van der Waals surface area contributed by atoms with Crippen molar-refractivity contribution < 1.29 is 14.3 Å². The Labute approximate surface area is 135 Å². The molecule has 0 saturated carbocycles. The molecule has 0 spiro atoms. The highest BCUT2D eigenvalue weighted by atomic mass is 32.1. The molecule has 114 valence electrons. The number of hydrogen-bond donors (Lipinski definition) is 1. The Morgan fingerprint density at radius 2 is 1.91 bits per heavy atom. The van der Waals surface area contributed by atoms with Crippen LogP contribution in [0.25, 0.3) is 11.3 Å². The average Bonchev–Trinajstić information content (AvgIpc) is 2.92. The Morgan fingerprint density at radius 3 is 2.48 bits per heavy atom. The van der Waals surface area contributed by atoms with Crippen molar-refractivity contribution in [2.45, 2.75) is 12.8 Å². The van der Waals surface area contributed by atoms with Gasteiger partial charge < -0.3 is 4.74 Å². The quantitative estimate of drug-likeness (QED) is 0.926. The van der Waals surface area contributed by atoms with E-state index >= 15 is 0 Å². The third-order valence-corrected chi connectivity index (χ3v) is 3.63. The van der Waals surface area contributed by atoms with Gasteiger partial charge in [0.1, 0.15) is 10.7 Å². The van der Waals surface area contributed by atoms with Gasteiger partial charge >= 0.3 is 6.09 Å². The molecule has 0 atom stereocenters. The van der Waals surface area contributed by atoms with Crippen molar-refractivity contribution in [2.75, 3.05) is 0 Å². The van der Waals surface area contributed by atoms with Crippen molar-refractivity contribution in [1.29, 1.82) is 10.5 Å². The van der Waals surface area contributed by atoms with Crippen LogP contribution in [0, 0.1) is 22.7 Å². The second kappa shape index (κ2) is 7.16. The van der Waals surface area contributed by atoms with Crippen LogP contribution in [0.2, 0.25) is 0 Å². The van der Waals surface area contributed by atoms with Gasteiger partial charge in [-0.2, -0.15) is 10.5 Å². The molecule has 0 aliphatic carbocycles. The monoisotopic (exact) mass is 326 g/mol. The fourth-order valence-corrected chi connectivity index (χ4v) is 2.61. The van der Waals surface area contributed by atoms with Crippen LogP contribution >= 0.6 is 11.3 Å². The van der Waals surface area contributed by atoms with E-state index in [0.717, 1.165) is 11.3 Å². The summed E-state index contributed by atoms with van der Waals surface area (Å²) in [7, 11) is 0. The summed E-state index contributed by atoms with van der Waals surface area (Å²) in [6.45, 7) is 1.18. The number of thiazole rings is 1. The lowest BCUT2D eigenvalue weighted by atomic mass is 10.1. The van der Waals surface area contributed by atoms with E-state index in [1.807, 2.05) is 23.5 Å². The Bertz CT molecular complexity index is 803. The van der Waals surface area contributed by atoms with Gasteiger partial charge in [0.2, 0.25) is 11.0 Å². The number of benzene rings is 1. The molecule has 2 amide bonds. The number of imide groups is 1. The van der Waals surface area contributed by atoms with Crippen molar-refractivity contribution in [1.82, 2.24) is 10.3 Å². The number of ether oxygens (including phenoxy) is 1. The van der Waals surface area contributed by atoms with Crippen LogP contribution in [0.5, 0.6) is 5.06 Å². The van der Waals surface area contributed by atoms with E-state index in [1.165, 1.54) is 6.92 Å². The van der Waals surface area contributed by atoms with E-state index in [4.69, 9.17) is 15.3 Å². The topological polar surface area (TPSA) is 116 Å². The predicted molar refractivity (Wildman–Crippen MR) is 81.4 cm³/mol. The van der Waals surface area contributed by atoms with Crippen molar-refractivity contribution in [3.05, 3.63) is 35.3 Å². The molecule has 0 radical (unpaired) electrons. The average molecular weight is 326 g/mol. The van der Waals surface area contributed by atoms with Crippen LogP contribution in [0.3, 0.4) is 0 Å². The lowest BCUT2D eigenvalue weighted by Gasteiger charge is -2.03. The maximum absolute atomic E-state index is 11.6. The second-order valence-electron chi connectivity index (χ2n) is 4.32. The van der Waals surface area contributed by atoms with Crippen molar-refractivity contribution >= 4 is 23.3 Å². The number of carbonyl (C=O) groups excluding carboxylic acids is 2. The Hall–Kier alpha value is -3.23. The first-order chi connectivity index (χ1) is 11.0. The van der Waals surface area contributed by atoms with Gasteiger partial charge in [0.25, 0.3) is 0 Å². The first-order valence-electron chi connectivity index (χ1n) is 6.40. The normalized spacial score (nSPS) is 9.74. The SMILES string of the molecule is CC(=O)NC(=O)Oc1sc(C(C#N)C#N)nc1-c1ccccc1. The van der Waals surface area contributed by atoms with Crippen LogP contribution in [-0.2, 0) is 4.79 Å². The van der Waals surface area contributed by atoms with Crippen LogP contribution in [-0.4, -0.2) is 17.0 Å². The Balaban J connectivity index is 2.43. The van der Waals surface area contributed by atoms with Crippen molar-refractivity contribution in [2.24, 2.45) is 0 Å². The number of carbonyl (C=O) groups is 2. The van der Waals surface area contributed by atoms with Crippen LogP contribution in [0.15, 0.2) is 30.3 Å². The van der Waals surface area contributed by atoms with Gasteiger partial charge in [0.15, 0.2) is 5.92 Å². The van der Waals surface area contributed by atoms with Gasteiger partial charge in [-0.1, -0.05) is 41.7 Å². The van der Waals surface area contributed by atoms with Gasteiger partial charge in [-0.3, -0.25) is 10.1 Å². The molecule has 8 heteroatoms. The van der Waals surface area contributed by atoms with Crippen LogP contribution < -0.4 is 10.1 Å². The molecule has 0 bridgehead atoms. The summed E-state index contributed by atoms with van der Waals surface area (Å²) in [5, 5.41) is 20.3. The lowest BCUT2D eigenvalue weighted by molar-refractivity contribution is -0.118. The summed E-state index contributed by atoms with van der Waals surface area (Å²) >= 11 is 0.917. The molecule has 1 N–H and O–H groups in total. The summed E-state index contributed by atoms with van der Waals surface area (Å²) in [5.41, 5.74) is 0.995. The zero-order chi connectivity index (χ0) is 16.8. The minimum atomic E-state index is -1.06. The van der Waals surface area contributed by atoms with E-state index in [9.17, 15) is 9.59 Å². The van der Waals surface area contributed by atoms with Gasteiger partial charge in [-0.05, 0) is 0 Å². The highest BCUT2D eigenvalue weighted by Gasteiger charge is 2.22. The van der Waals surface area contributed by atoms with E-state index in [2.05, 4.69) is 4.98 Å². The molecule has 1 aromatic heterocycles. The van der Waals surface area contributed by atoms with Crippen molar-refractivity contribution in [3.8, 4) is 28.5 Å². The van der Waals surface area contributed by atoms with Gasteiger partial charge in [0, 0.05) is 12.5 Å². The molecule has 2 aromatic rings. The van der Waals surface area contributed by atoms with Crippen LogP contribution in [0.4, 0.5) is 4.79 Å². The highest BCUT2D eigenvalue weighted by molar-refractivity contribution is 7.14. The fraction of sp³-hybridized carbons (Fsp3) is 0.133.